The molecule has 17 heavy (non-hydrogen) atoms. The molecule has 2 aromatic rings. The number of hydrogen-bond acceptors (Lipinski definition) is 4. The second-order valence-electron chi connectivity index (χ2n) is 3.85. The van der Waals surface area contributed by atoms with E-state index in [1.807, 2.05) is 18.2 Å². The number of benzene rings is 1. The summed E-state index contributed by atoms with van der Waals surface area (Å²) in [6, 6.07) is 10.1. The number of aromatic nitrogens is 1. The van der Waals surface area contributed by atoms with Crippen molar-refractivity contribution in [2.45, 2.75) is 19.5 Å². The summed E-state index contributed by atoms with van der Waals surface area (Å²) in [4.78, 5) is 0. The normalized spacial score (nSPS) is 12.4. The van der Waals surface area contributed by atoms with Gasteiger partial charge in [0.15, 0.2) is 0 Å². The highest BCUT2D eigenvalue weighted by Crippen LogP contribution is 2.17. The molecule has 0 radical (unpaired) electrons. The molecule has 0 bridgehead atoms. The van der Waals surface area contributed by atoms with Gasteiger partial charge in [0.05, 0.1) is 19.9 Å². The van der Waals surface area contributed by atoms with Gasteiger partial charge in [0.2, 0.25) is 0 Å². The van der Waals surface area contributed by atoms with Crippen LogP contribution in [0, 0.1) is 0 Å². The van der Waals surface area contributed by atoms with Crippen LogP contribution in [0.2, 0.25) is 0 Å². The zero-order valence-electron chi connectivity index (χ0n) is 10.0. The second kappa shape index (κ2) is 5.50. The summed E-state index contributed by atoms with van der Waals surface area (Å²) >= 11 is 0. The Balaban J connectivity index is 1.92. The molecule has 0 fully saturated rings. The maximum absolute atomic E-state index is 5.12. The van der Waals surface area contributed by atoms with Crippen molar-refractivity contribution in [3.05, 3.63) is 47.9 Å². The zero-order valence-corrected chi connectivity index (χ0v) is 10.0. The smallest absolute Gasteiger partial charge is 0.150 e. The molecular formula is C13H16N2O2. The Morgan fingerprint density at radius 1 is 1.29 bits per heavy atom. The van der Waals surface area contributed by atoms with E-state index in [0.29, 0.717) is 6.54 Å². The lowest BCUT2D eigenvalue weighted by Crippen LogP contribution is -2.17. The van der Waals surface area contributed by atoms with Gasteiger partial charge in [0.1, 0.15) is 11.5 Å². The van der Waals surface area contributed by atoms with E-state index < -0.39 is 0 Å². The number of nitrogens with zero attached hydrogens (tertiary/aromatic N) is 1. The van der Waals surface area contributed by atoms with Gasteiger partial charge in [0, 0.05) is 12.1 Å². The minimum atomic E-state index is 0.256. The van der Waals surface area contributed by atoms with Gasteiger partial charge >= 0.3 is 0 Å². The summed E-state index contributed by atoms with van der Waals surface area (Å²) in [7, 11) is 1.67. The summed E-state index contributed by atoms with van der Waals surface area (Å²) in [5.74, 6) is 1.71. The van der Waals surface area contributed by atoms with Crippen LogP contribution in [0.5, 0.6) is 5.75 Å². The molecule has 0 aliphatic rings. The van der Waals surface area contributed by atoms with Crippen molar-refractivity contribution in [3.63, 3.8) is 0 Å². The average Bonchev–Trinajstić information content (AvgIpc) is 2.89. The van der Waals surface area contributed by atoms with Crippen molar-refractivity contribution < 1.29 is 9.26 Å². The molecule has 0 aliphatic carbocycles. The predicted octanol–water partition coefficient (Wildman–Crippen LogP) is 2.53. The quantitative estimate of drug-likeness (QED) is 0.860. The molecule has 0 amide bonds. The number of ether oxygens (including phenoxy) is 1. The van der Waals surface area contributed by atoms with Crippen molar-refractivity contribution in [2.75, 3.05) is 7.11 Å². The molecule has 1 N–H and O–H groups in total. The molecular weight excluding hydrogens is 216 g/mol. The van der Waals surface area contributed by atoms with Crippen LogP contribution in [0.4, 0.5) is 0 Å². The fourth-order valence-corrected chi connectivity index (χ4v) is 1.60. The Kier molecular flexibility index (Phi) is 3.77. The van der Waals surface area contributed by atoms with Gasteiger partial charge in [0.25, 0.3) is 0 Å². The molecule has 2 rings (SSSR count). The van der Waals surface area contributed by atoms with Crippen LogP contribution in [-0.4, -0.2) is 12.3 Å². The fourth-order valence-electron chi connectivity index (χ4n) is 1.60. The molecule has 1 aromatic heterocycles. The largest absolute Gasteiger partial charge is 0.497 e. The van der Waals surface area contributed by atoms with Gasteiger partial charge in [-0.1, -0.05) is 17.3 Å². The number of rotatable bonds is 5. The van der Waals surface area contributed by atoms with E-state index in [1.165, 1.54) is 5.56 Å². The van der Waals surface area contributed by atoms with Gasteiger partial charge < -0.3 is 14.6 Å². The van der Waals surface area contributed by atoms with E-state index >= 15 is 0 Å². The molecule has 1 heterocycles. The Morgan fingerprint density at radius 3 is 2.65 bits per heavy atom. The molecule has 0 aliphatic heterocycles. The molecule has 0 spiro atoms. The highest BCUT2D eigenvalue weighted by atomic mass is 16.5. The third kappa shape index (κ3) is 3.07. The molecule has 1 atom stereocenters. The van der Waals surface area contributed by atoms with Gasteiger partial charge in [-0.3, -0.25) is 0 Å². The van der Waals surface area contributed by atoms with Crippen molar-refractivity contribution in [1.82, 2.24) is 10.5 Å². The van der Waals surface area contributed by atoms with Gasteiger partial charge in [-0.15, -0.1) is 0 Å². The first-order valence-corrected chi connectivity index (χ1v) is 5.56. The SMILES string of the molecule is COc1ccc(C(C)NCc2ccno2)cc1. The Labute approximate surface area is 101 Å². The zero-order chi connectivity index (χ0) is 12.1. The number of methoxy groups -OCH3 is 1. The first kappa shape index (κ1) is 11.7. The lowest BCUT2D eigenvalue weighted by atomic mass is 10.1. The van der Waals surface area contributed by atoms with Gasteiger partial charge in [-0.25, -0.2) is 0 Å². The molecule has 1 aromatic carbocycles. The van der Waals surface area contributed by atoms with E-state index in [1.54, 1.807) is 13.3 Å². The highest BCUT2D eigenvalue weighted by molar-refractivity contribution is 5.28. The first-order chi connectivity index (χ1) is 8.29. The van der Waals surface area contributed by atoms with Crippen molar-refractivity contribution in [2.24, 2.45) is 0 Å². The topological polar surface area (TPSA) is 47.3 Å². The highest BCUT2D eigenvalue weighted by Gasteiger charge is 2.06. The molecule has 4 heteroatoms. The van der Waals surface area contributed by atoms with Crippen molar-refractivity contribution in [3.8, 4) is 5.75 Å². The molecule has 0 saturated heterocycles. The van der Waals surface area contributed by atoms with E-state index in [9.17, 15) is 0 Å². The lowest BCUT2D eigenvalue weighted by Gasteiger charge is -2.13. The van der Waals surface area contributed by atoms with E-state index in [0.717, 1.165) is 11.5 Å². The van der Waals surface area contributed by atoms with Crippen LogP contribution < -0.4 is 10.1 Å². The van der Waals surface area contributed by atoms with Crippen LogP contribution in [-0.2, 0) is 6.54 Å². The summed E-state index contributed by atoms with van der Waals surface area (Å²) in [5, 5.41) is 7.03. The second-order valence-corrected chi connectivity index (χ2v) is 3.85. The molecule has 90 valence electrons. The standard InChI is InChI=1S/C13H16N2O2/c1-10(14-9-13-7-8-15-17-13)11-3-5-12(16-2)6-4-11/h3-8,10,14H,9H2,1-2H3. The third-order valence-corrected chi connectivity index (χ3v) is 2.69. The van der Waals surface area contributed by atoms with Crippen LogP contribution in [0.1, 0.15) is 24.3 Å². The van der Waals surface area contributed by atoms with Crippen LogP contribution in [0.25, 0.3) is 0 Å². The average molecular weight is 232 g/mol. The Morgan fingerprint density at radius 2 is 2.06 bits per heavy atom. The fraction of sp³-hybridized carbons (Fsp3) is 0.308. The first-order valence-electron chi connectivity index (χ1n) is 5.56. The van der Waals surface area contributed by atoms with E-state index in [4.69, 9.17) is 9.26 Å². The minimum Gasteiger partial charge on any atom is -0.497 e. The predicted molar refractivity (Wildman–Crippen MR) is 64.8 cm³/mol. The van der Waals surface area contributed by atoms with Gasteiger partial charge in [-0.05, 0) is 24.6 Å². The molecule has 1 unspecified atom stereocenters. The Bertz CT molecular complexity index is 437. The van der Waals surface area contributed by atoms with Crippen LogP contribution in [0.15, 0.2) is 41.1 Å². The summed E-state index contributed by atoms with van der Waals surface area (Å²) in [5.41, 5.74) is 1.21. The minimum absolute atomic E-state index is 0.256. The molecule has 4 nitrogen and oxygen atoms in total. The summed E-state index contributed by atoms with van der Waals surface area (Å²) in [6.45, 7) is 2.78. The van der Waals surface area contributed by atoms with E-state index in [2.05, 4.69) is 29.5 Å². The maximum atomic E-state index is 5.12. The number of nitrogens with one attached hydrogen (secondary N) is 1. The van der Waals surface area contributed by atoms with Crippen molar-refractivity contribution in [1.29, 1.82) is 0 Å². The summed E-state index contributed by atoms with van der Waals surface area (Å²) < 4.78 is 10.1. The lowest BCUT2D eigenvalue weighted by molar-refractivity contribution is 0.366. The van der Waals surface area contributed by atoms with Gasteiger partial charge in [-0.2, -0.15) is 0 Å². The summed E-state index contributed by atoms with van der Waals surface area (Å²) in [6.07, 6.45) is 1.65. The maximum Gasteiger partial charge on any atom is 0.150 e. The third-order valence-electron chi connectivity index (χ3n) is 2.69. The Hall–Kier alpha value is -1.81. The number of hydrogen-bond donors (Lipinski definition) is 1. The monoisotopic (exact) mass is 232 g/mol. The van der Waals surface area contributed by atoms with E-state index in [-0.39, 0.29) is 6.04 Å². The molecule has 0 saturated carbocycles. The van der Waals surface area contributed by atoms with Crippen molar-refractivity contribution >= 4 is 0 Å². The van der Waals surface area contributed by atoms with Crippen LogP contribution in [0.3, 0.4) is 0 Å². The van der Waals surface area contributed by atoms with Crippen LogP contribution >= 0.6 is 0 Å².